The first-order valence-electron chi connectivity index (χ1n) is 6.50. The Kier molecular flexibility index (Phi) is 5.51. The highest BCUT2D eigenvalue weighted by Crippen LogP contribution is 2.24. The Balaban J connectivity index is 2.07. The Labute approximate surface area is 130 Å². The van der Waals surface area contributed by atoms with Crippen molar-refractivity contribution in [1.82, 2.24) is 9.97 Å². The molecule has 0 fully saturated rings. The molecule has 0 unspecified atom stereocenters. The third-order valence-electron chi connectivity index (χ3n) is 2.71. The predicted molar refractivity (Wildman–Crippen MR) is 79.8 cm³/mol. The van der Waals surface area contributed by atoms with E-state index in [1.54, 1.807) is 6.92 Å². The maximum atomic E-state index is 13.1. The van der Waals surface area contributed by atoms with E-state index in [2.05, 4.69) is 15.3 Å². The average Bonchev–Trinajstić information content (AvgIpc) is 2.48. The lowest BCUT2D eigenvalue weighted by molar-refractivity contribution is 0.281. The molecule has 0 saturated heterocycles. The first-order valence-corrected chi connectivity index (χ1v) is 7.48. The lowest BCUT2D eigenvalue weighted by atomic mass is 10.2. The summed E-state index contributed by atoms with van der Waals surface area (Å²) in [7, 11) is 0. The number of hydrogen-bond donors (Lipinski definition) is 3. The number of benzene rings is 1. The highest BCUT2D eigenvalue weighted by Gasteiger charge is 2.08. The van der Waals surface area contributed by atoms with Crippen LogP contribution in [0, 0.1) is 11.6 Å². The maximum Gasteiger partial charge on any atom is 0.216 e. The van der Waals surface area contributed by atoms with E-state index in [0.29, 0.717) is 17.1 Å². The van der Waals surface area contributed by atoms with E-state index < -0.39 is 11.6 Å². The number of aromatic hydroxyl groups is 1. The molecule has 3 N–H and O–H groups in total. The molecule has 0 spiro atoms. The number of nitrogens with one attached hydrogen (secondary N) is 1. The van der Waals surface area contributed by atoms with E-state index in [9.17, 15) is 13.9 Å². The van der Waals surface area contributed by atoms with Gasteiger partial charge in [-0.25, -0.2) is 13.8 Å². The van der Waals surface area contributed by atoms with Crippen LogP contribution in [0.15, 0.2) is 29.4 Å². The van der Waals surface area contributed by atoms with Crippen LogP contribution in [0.25, 0.3) is 0 Å². The van der Waals surface area contributed by atoms with Crippen LogP contribution in [0.1, 0.15) is 12.5 Å². The van der Waals surface area contributed by atoms with Gasteiger partial charge in [0.1, 0.15) is 5.82 Å². The molecule has 0 bridgehead atoms. The highest BCUT2D eigenvalue weighted by atomic mass is 32.2. The van der Waals surface area contributed by atoms with Crippen molar-refractivity contribution < 1.29 is 19.0 Å². The lowest BCUT2D eigenvalue weighted by Crippen LogP contribution is -2.20. The van der Waals surface area contributed by atoms with Gasteiger partial charge in [0.15, 0.2) is 16.8 Å². The third kappa shape index (κ3) is 4.54. The quantitative estimate of drug-likeness (QED) is 0.559. The van der Waals surface area contributed by atoms with E-state index in [0.717, 1.165) is 12.1 Å². The summed E-state index contributed by atoms with van der Waals surface area (Å²) < 4.78 is 26.0. The van der Waals surface area contributed by atoms with Gasteiger partial charge in [-0.2, -0.15) is 4.98 Å². The molecule has 8 heteroatoms. The molecule has 0 aliphatic rings. The van der Waals surface area contributed by atoms with E-state index in [4.69, 9.17) is 5.11 Å². The first kappa shape index (κ1) is 16.4. The van der Waals surface area contributed by atoms with Crippen molar-refractivity contribution in [3.63, 3.8) is 0 Å². The van der Waals surface area contributed by atoms with Crippen molar-refractivity contribution in [3.05, 3.63) is 41.5 Å². The topological polar surface area (TPSA) is 78.3 Å². The van der Waals surface area contributed by atoms with Gasteiger partial charge < -0.3 is 15.5 Å². The number of aliphatic hydroxyl groups is 1. The van der Waals surface area contributed by atoms with Crippen molar-refractivity contribution in [3.8, 4) is 5.88 Å². The largest absolute Gasteiger partial charge is 0.493 e. The molecule has 1 heterocycles. The van der Waals surface area contributed by atoms with Crippen molar-refractivity contribution >= 4 is 17.6 Å². The predicted octanol–water partition coefficient (Wildman–Crippen LogP) is 2.55. The average molecular weight is 327 g/mol. The summed E-state index contributed by atoms with van der Waals surface area (Å²) in [4.78, 5) is 8.04. The fourth-order valence-corrected chi connectivity index (χ4v) is 2.42. The second-order valence-electron chi connectivity index (χ2n) is 4.66. The second kappa shape index (κ2) is 7.37. The normalized spacial score (nSPS) is 12.2. The van der Waals surface area contributed by atoms with Gasteiger partial charge in [-0.3, -0.25) is 0 Å². The number of nitrogens with zero attached hydrogens (tertiary/aromatic N) is 2. The summed E-state index contributed by atoms with van der Waals surface area (Å²) in [5.41, 5.74) is 0.578. The number of aliphatic hydroxyl groups excluding tert-OH is 1. The van der Waals surface area contributed by atoms with Crippen LogP contribution in [0.5, 0.6) is 5.88 Å². The van der Waals surface area contributed by atoms with Gasteiger partial charge in [0, 0.05) is 17.9 Å². The molecular weight excluding hydrogens is 312 g/mol. The van der Waals surface area contributed by atoms with Gasteiger partial charge in [-0.05, 0) is 24.6 Å². The van der Waals surface area contributed by atoms with E-state index in [1.807, 2.05) is 0 Å². The fourth-order valence-electron chi connectivity index (χ4n) is 1.63. The number of hydrogen-bond acceptors (Lipinski definition) is 6. The van der Waals surface area contributed by atoms with Crippen molar-refractivity contribution in [2.75, 3.05) is 11.9 Å². The molecule has 0 aliphatic heterocycles. The number of rotatable bonds is 6. The third-order valence-corrected chi connectivity index (χ3v) is 3.63. The molecule has 118 valence electrons. The lowest BCUT2D eigenvalue weighted by Gasteiger charge is -2.12. The molecule has 0 aliphatic carbocycles. The molecule has 1 aromatic carbocycles. The summed E-state index contributed by atoms with van der Waals surface area (Å²) in [6, 6.07) is 4.76. The monoisotopic (exact) mass is 327 g/mol. The van der Waals surface area contributed by atoms with Gasteiger partial charge in [0.05, 0.1) is 6.61 Å². The van der Waals surface area contributed by atoms with E-state index in [1.165, 1.54) is 23.9 Å². The Bertz CT molecular complexity index is 658. The number of halogens is 2. The smallest absolute Gasteiger partial charge is 0.216 e. The Hall–Kier alpha value is -1.93. The van der Waals surface area contributed by atoms with Gasteiger partial charge in [-0.1, -0.05) is 17.8 Å². The number of aromatic nitrogens is 2. The summed E-state index contributed by atoms with van der Waals surface area (Å²) in [5.74, 6) is -1.31. The van der Waals surface area contributed by atoms with Crippen LogP contribution in [0.2, 0.25) is 0 Å². The van der Waals surface area contributed by atoms with Gasteiger partial charge in [0.25, 0.3) is 0 Å². The zero-order valence-electron chi connectivity index (χ0n) is 11.8. The Morgan fingerprint density at radius 2 is 2.00 bits per heavy atom. The zero-order valence-corrected chi connectivity index (χ0v) is 12.6. The summed E-state index contributed by atoms with van der Waals surface area (Å²) in [6.07, 6.45) is 0. The van der Waals surface area contributed by atoms with Crippen LogP contribution in [0.3, 0.4) is 0 Å². The molecule has 5 nitrogen and oxygen atoms in total. The van der Waals surface area contributed by atoms with E-state index in [-0.39, 0.29) is 23.7 Å². The standard InChI is InChI=1S/C14H15F2N3O2S/c1-8(6-20)17-12-5-13(21)19-14(18-12)22-7-9-2-3-10(15)11(16)4-9/h2-5,8,20H,6-7H2,1H3,(H2,17,18,19,21)/t8-/m1/s1. The van der Waals surface area contributed by atoms with E-state index >= 15 is 0 Å². The summed E-state index contributed by atoms with van der Waals surface area (Å²) >= 11 is 1.18. The number of anilines is 1. The van der Waals surface area contributed by atoms with Crippen LogP contribution < -0.4 is 5.32 Å². The van der Waals surface area contributed by atoms with Crippen LogP contribution in [0.4, 0.5) is 14.6 Å². The summed E-state index contributed by atoms with van der Waals surface area (Å²) in [5, 5.41) is 21.8. The summed E-state index contributed by atoms with van der Waals surface area (Å²) in [6.45, 7) is 1.68. The van der Waals surface area contributed by atoms with Crippen molar-refractivity contribution in [2.45, 2.75) is 23.9 Å². The van der Waals surface area contributed by atoms with Gasteiger partial charge in [-0.15, -0.1) is 0 Å². The van der Waals surface area contributed by atoms with Crippen LogP contribution >= 0.6 is 11.8 Å². The van der Waals surface area contributed by atoms with Gasteiger partial charge >= 0.3 is 0 Å². The molecule has 2 rings (SSSR count). The molecule has 1 atom stereocenters. The fraction of sp³-hybridized carbons (Fsp3) is 0.286. The zero-order chi connectivity index (χ0) is 16.1. The minimum atomic E-state index is -0.908. The second-order valence-corrected chi connectivity index (χ2v) is 5.60. The highest BCUT2D eigenvalue weighted by molar-refractivity contribution is 7.98. The minimum absolute atomic E-state index is 0.0813. The SMILES string of the molecule is C[C@H](CO)Nc1cc(O)nc(SCc2ccc(F)c(F)c2)n1. The first-order chi connectivity index (χ1) is 10.5. The molecule has 0 amide bonds. The Morgan fingerprint density at radius 1 is 1.23 bits per heavy atom. The molecule has 22 heavy (non-hydrogen) atoms. The molecule has 1 aromatic heterocycles. The Morgan fingerprint density at radius 3 is 2.68 bits per heavy atom. The van der Waals surface area contributed by atoms with Gasteiger partial charge in [0.2, 0.25) is 5.88 Å². The van der Waals surface area contributed by atoms with Crippen molar-refractivity contribution in [2.24, 2.45) is 0 Å². The number of thioether (sulfide) groups is 1. The molecule has 0 radical (unpaired) electrons. The molecule has 0 saturated carbocycles. The minimum Gasteiger partial charge on any atom is -0.493 e. The maximum absolute atomic E-state index is 13.1. The molecule has 2 aromatic rings. The molecular formula is C14H15F2N3O2S. The van der Waals surface area contributed by atoms with Crippen LogP contribution in [-0.4, -0.2) is 32.8 Å². The van der Waals surface area contributed by atoms with Crippen LogP contribution in [-0.2, 0) is 5.75 Å². The van der Waals surface area contributed by atoms with Crippen molar-refractivity contribution in [1.29, 1.82) is 0 Å².